The minimum absolute atomic E-state index is 0. The summed E-state index contributed by atoms with van der Waals surface area (Å²) in [4.78, 5) is 0. The zero-order chi connectivity index (χ0) is 17.8. The molecule has 0 N–H and O–H groups in total. The van der Waals surface area contributed by atoms with Gasteiger partial charge < -0.3 is 35.7 Å². The van der Waals surface area contributed by atoms with E-state index in [4.69, 9.17) is 0 Å². The second-order valence-electron chi connectivity index (χ2n) is 3.15. The first-order valence-corrected chi connectivity index (χ1v) is 9.37. The molecule has 0 aliphatic heterocycles. The Hall–Kier alpha value is 0.942. The van der Waals surface area contributed by atoms with E-state index in [1.165, 1.54) is 27.7 Å². The quantitative estimate of drug-likeness (QED) is 0.181. The first kappa shape index (κ1) is 28.7. The van der Waals surface area contributed by atoms with Crippen molar-refractivity contribution in [2.24, 2.45) is 0 Å². The van der Waals surface area contributed by atoms with Gasteiger partial charge in [0, 0.05) is 0 Å². The topological polar surface area (TPSA) is 71.1 Å². The molecule has 0 unspecified atom stereocenters. The Bertz CT molecular complexity index is 321. The predicted molar refractivity (Wildman–Crippen MR) is 72.6 cm³/mol. The van der Waals surface area contributed by atoms with E-state index in [9.17, 15) is 26.7 Å². The van der Waals surface area contributed by atoms with Crippen molar-refractivity contribution in [3.63, 3.8) is 0 Å². The number of halogens is 4. The standard InChI is InChI=1S/2C5H10F2O3P.Cd/c2*1-3-9-11(8,5(6)7)10-4-2;/h2*3-4H2,1-2H3;/q2*-1;+2. The molecule has 0 aromatic rings. The molecule has 136 valence electrons. The van der Waals surface area contributed by atoms with E-state index in [2.05, 4.69) is 18.1 Å². The second kappa shape index (κ2) is 15.2. The average molecular weight is 487 g/mol. The normalized spacial score (nSPS) is 11.9. The van der Waals surface area contributed by atoms with Crippen molar-refractivity contribution >= 4 is 15.2 Å². The molecule has 0 aliphatic rings. The van der Waals surface area contributed by atoms with Crippen molar-refractivity contribution in [1.82, 2.24) is 0 Å². The van der Waals surface area contributed by atoms with Crippen LogP contribution in [0.15, 0.2) is 0 Å². The van der Waals surface area contributed by atoms with Gasteiger partial charge in [0.1, 0.15) is 12.3 Å². The Balaban J connectivity index is -0.000000333. The van der Waals surface area contributed by atoms with Crippen LogP contribution < -0.4 is 0 Å². The van der Waals surface area contributed by atoms with Crippen molar-refractivity contribution in [2.45, 2.75) is 27.7 Å². The van der Waals surface area contributed by atoms with E-state index in [1.54, 1.807) is 0 Å². The number of hydrogen-bond donors (Lipinski definition) is 0. The summed E-state index contributed by atoms with van der Waals surface area (Å²) < 4.78 is 86.3. The van der Waals surface area contributed by atoms with Gasteiger partial charge in [-0.25, -0.2) is 0 Å². The zero-order valence-electron chi connectivity index (χ0n) is 13.4. The molecule has 0 heterocycles. The Kier molecular flexibility index (Phi) is 19.0. The molecule has 0 aromatic heterocycles. The maximum absolute atomic E-state index is 11.9. The van der Waals surface area contributed by atoms with E-state index in [1.807, 2.05) is 0 Å². The largest absolute Gasteiger partial charge is 2.00 e. The van der Waals surface area contributed by atoms with Crippen LogP contribution in [0.1, 0.15) is 27.7 Å². The summed E-state index contributed by atoms with van der Waals surface area (Å²) in [6, 6.07) is 0. The van der Waals surface area contributed by atoms with E-state index in [-0.39, 0.29) is 53.7 Å². The van der Waals surface area contributed by atoms with Crippen LogP contribution >= 0.6 is 15.2 Å². The van der Waals surface area contributed by atoms with Gasteiger partial charge in [-0.3, -0.25) is 9.13 Å². The van der Waals surface area contributed by atoms with Crippen molar-refractivity contribution < 1.29 is 72.1 Å². The van der Waals surface area contributed by atoms with Crippen LogP contribution in [0, 0.1) is 12.3 Å². The Morgan fingerprint density at radius 2 is 0.826 bits per heavy atom. The molecule has 0 radical (unpaired) electrons. The molecule has 0 aromatic carbocycles. The Labute approximate surface area is 153 Å². The number of hydrogen-bond acceptors (Lipinski definition) is 6. The van der Waals surface area contributed by atoms with Gasteiger partial charge in [0.05, 0.1) is 26.4 Å². The van der Waals surface area contributed by atoms with Crippen molar-refractivity contribution in [3.8, 4) is 0 Å². The molecule has 0 aliphatic carbocycles. The molecule has 23 heavy (non-hydrogen) atoms. The van der Waals surface area contributed by atoms with Crippen LogP contribution in [0.25, 0.3) is 0 Å². The smallest absolute Gasteiger partial charge is 0.408 e. The molecule has 0 saturated carbocycles. The predicted octanol–water partition coefficient (Wildman–Crippen LogP) is 5.27. The molecule has 0 rings (SSSR count). The fourth-order valence-corrected chi connectivity index (χ4v) is 2.85. The van der Waals surface area contributed by atoms with E-state index >= 15 is 0 Å². The van der Waals surface area contributed by atoms with Crippen LogP contribution in [0.4, 0.5) is 17.6 Å². The van der Waals surface area contributed by atoms with Crippen molar-refractivity contribution in [1.29, 1.82) is 0 Å². The van der Waals surface area contributed by atoms with Gasteiger partial charge in [0.25, 0.3) is 0 Å². The van der Waals surface area contributed by atoms with Gasteiger partial charge >= 0.3 is 27.3 Å². The first-order chi connectivity index (χ1) is 10.1. The molecule has 6 nitrogen and oxygen atoms in total. The summed E-state index contributed by atoms with van der Waals surface area (Å²) in [6.45, 7) is 5.62. The van der Waals surface area contributed by atoms with Gasteiger partial charge in [0.2, 0.25) is 15.2 Å². The Morgan fingerprint density at radius 1 is 0.652 bits per heavy atom. The second-order valence-corrected chi connectivity index (χ2v) is 6.85. The summed E-state index contributed by atoms with van der Waals surface area (Å²) in [5, 5.41) is 0. The van der Waals surface area contributed by atoms with Crippen LogP contribution in [0.5, 0.6) is 0 Å². The van der Waals surface area contributed by atoms with Gasteiger partial charge in [-0.1, -0.05) is 0 Å². The third kappa shape index (κ3) is 12.0. The maximum atomic E-state index is 11.9. The fraction of sp³-hybridized carbons (Fsp3) is 0.800. The zero-order valence-corrected chi connectivity index (χ0v) is 19.2. The molecule has 0 saturated heterocycles. The fourth-order valence-electron chi connectivity index (χ4n) is 0.950. The molecular formula is C10H20CdF4O6P2. The average Bonchev–Trinajstić information content (AvgIpc) is 2.40. The maximum Gasteiger partial charge on any atom is 2.00 e. The monoisotopic (exact) mass is 488 g/mol. The molecule has 0 atom stereocenters. The molecule has 13 heteroatoms. The third-order valence-electron chi connectivity index (χ3n) is 1.61. The summed E-state index contributed by atoms with van der Waals surface area (Å²) in [6.07, 6.45) is -4.58. The van der Waals surface area contributed by atoms with Gasteiger partial charge in [0.15, 0.2) is 0 Å². The summed E-state index contributed by atoms with van der Waals surface area (Å²) in [5.41, 5.74) is 0. The van der Waals surface area contributed by atoms with E-state index in [0.717, 1.165) is 0 Å². The molecule has 0 bridgehead atoms. The third-order valence-corrected chi connectivity index (χ3v) is 4.83. The molecule has 0 fully saturated rings. The van der Waals surface area contributed by atoms with Crippen LogP contribution in [-0.2, 0) is 54.5 Å². The van der Waals surface area contributed by atoms with Crippen molar-refractivity contribution in [3.05, 3.63) is 12.3 Å². The number of rotatable bonds is 10. The van der Waals surface area contributed by atoms with Crippen LogP contribution in [-0.4, -0.2) is 26.4 Å². The van der Waals surface area contributed by atoms with E-state index < -0.39 is 27.5 Å². The summed E-state index contributed by atoms with van der Waals surface area (Å²) in [7, 11) is -8.42. The molecular weight excluding hydrogens is 466 g/mol. The minimum atomic E-state index is -4.21. The van der Waals surface area contributed by atoms with Gasteiger partial charge in [-0.2, -0.15) is 0 Å². The van der Waals surface area contributed by atoms with E-state index in [0.29, 0.717) is 0 Å². The molecule has 0 amide bonds. The van der Waals surface area contributed by atoms with Gasteiger partial charge in [-0.15, -0.1) is 0 Å². The Morgan fingerprint density at radius 3 is 0.913 bits per heavy atom. The van der Waals surface area contributed by atoms with Crippen molar-refractivity contribution in [2.75, 3.05) is 26.4 Å². The SMILES string of the molecule is CCOP(=O)(OCC)[C-](F)F.CCOP(=O)(OCC)[C-](F)F.[Cd+2]. The minimum Gasteiger partial charge on any atom is -0.408 e. The van der Waals surface area contributed by atoms with Crippen LogP contribution in [0.3, 0.4) is 0 Å². The summed E-state index contributed by atoms with van der Waals surface area (Å²) in [5.74, 6) is 0. The van der Waals surface area contributed by atoms with Crippen LogP contribution in [0.2, 0.25) is 0 Å². The molecule has 0 spiro atoms. The first-order valence-electron chi connectivity index (χ1n) is 6.28. The van der Waals surface area contributed by atoms with Gasteiger partial charge in [-0.05, 0) is 27.7 Å². The summed E-state index contributed by atoms with van der Waals surface area (Å²) >= 11 is 0.